The number of rotatable bonds is 51. The second-order valence-corrected chi connectivity index (χ2v) is 21.8. The maximum Gasteiger partial charge on any atom is 0.472 e. The zero-order valence-corrected chi connectivity index (χ0v) is 44.2. The van der Waals surface area contributed by atoms with Crippen molar-refractivity contribution in [1.82, 2.24) is 5.32 Å². The molecule has 64 heavy (non-hydrogen) atoms. The predicted octanol–water partition coefficient (Wildman–Crippen LogP) is 16.4. The number of hydrogen-bond donors (Lipinski definition) is 3. The molecule has 0 aliphatic carbocycles. The number of quaternary nitrogens is 1. The molecule has 9 heteroatoms. The number of allylic oxidation sites excluding steroid dienone is 3. The molecule has 0 aromatic rings. The number of unbranched alkanes of at least 4 members (excludes halogenated alkanes) is 36. The number of nitrogens with zero attached hydrogens (tertiary/aromatic N) is 1. The average molecular weight is 926 g/mol. The molecule has 8 nitrogen and oxygen atoms in total. The van der Waals surface area contributed by atoms with E-state index >= 15 is 0 Å². The van der Waals surface area contributed by atoms with Crippen LogP contribution in [0, 0.1) is 0 Å². The molecule has 0 aliphatic heterocycles. The molecule has 0 saturated carbocycles. The third-order valence-electron chi connectivity index (χ3n) is 12.7. The van der Waals surface area contributed by atoms with Gasteiger partial charge < -0.3 is 19.8 Å². The number of aliphatic hydroxyl groups excluding tert-OH is 1. The summed E-state index contributed by atoms with van der Waals surface area (Å²) in [6.07, 6.45) is 58.8. The minimum atomic E-state index is -4.33. The van der Waals surface area contributed by atoms with Crippen molar-refractivity contribution in [2.75, 3.05) is 40.9 Å². The highest BCUT2D eigenvalue weighted by atomic mass is 31.2. The van der Waals surface area contributed by atoms with E-state index in [9.17, 15) is 19.4 Å². The standard InChI is InChI=1S/C55H109N2O6P/c1-6-8-10-12-14-16-17-18-19-20-21-22-23-24-25-26-27-28-29-30-31-32-33-34-35-36-37-38-39-41-43-45-47-49-55(59)56-53(52-63-64(60,61)62-51-50-57(3,4)5)54(58)48-46-44-42-40-15-13-11-9-7-2/h20-21,46,48,53-54,58H,6-19,22-45,47,49-52H2,1-5H3,(H-,56,59,60,61)/p+1/b21-20-,48-46+. The summed E-state index contributed by atoms with van der Waals surface area (Å²) in [5.74, 6) is -0.175. The molecule has 0 saturated heterocycles. The number of nitrogens with one attached hydrogen (secondary N) is 1. The van der Waals surface area contributed by atoms with Crippen molar-refractivity contribution in [2.45, 2.75) is 283 Å². The monoisotopic (exact) mass is 926 g/mol. The lowest BCUT2D eigenvalue weighted by Gasteiger charge is -2.25. The normalized spacial score (nSPS) is 14.2. The van der Waals surface area contributed by atoms with Crippen molar-refractivity contribution < 1.29 is 32.9 Å². The Morgan fingerprint density at radius 2 is 0.844 bits per heavy atom. The molecule has 3 atom stereocenters. The predicted molar refractivity (Wildman–Crippen MR) is 277 cm³/mol. The van der Waals surface area contributed by atoms with Gasteiger partial charge in [-0.05, 0) is 44.9 Å². The summed E-state index contributed by atoms with van der Waals surface area (Å²) in [4.78, 5) is 23.1. The van der Waals surface area contributed by atoms with E-state index in [-0.39, 0.29) is 19.1 Å². The van der Waals surface area contributed by atoms with E-state index in [4.69, 9.17) is 9.05 Å². The van der Waals surface area contributed by atoms with Crippen LogP contribution in [0.5, 0.6) is 0 Å². The van der Waals surface area contributed by atoms with E-state index in [1.54, 1.807) is 6.08 Å². The molecule has 380 valence electrons. The highest BCUT2D eigenvalue weighted by Gasteiger charge is 2.27. The molecule has 0 rings (SSSR count). The molecule has 1 amide bonds. The van der Waals surface area contributed by atoms with Gasteiger partial charge in [0, 0.05) is 6.42 Å². The Kier molecular flexibility index (Phi) is 46.3. The zero-order chi connectivity index (χ0) is 47.1. The number of aliphatic hydroxyl groups is 1. The van der Waals surface area contributed by atoms with Crippen LogP contribution >= 0.6 is 7.82 Å². The molecule has 0 aliphatic rings. The number of phosphoric acid groups is 1. The number of hydrogen-bond acceptors (Lipinski definition) is 5. The summed E-state index contributed by atoms with van der Waals surface area (Å²) in [5, 5.41) is 13.8. The summed E-state index contributed by atoms with van der Waals surface area (Å²) in [5.41, 5.74) is 0. The van der Waals surface area contributed by atoms with Crippen molar-refractivity contribution in [3.63, 3.8) is 0 Å². The van der Waals surface area contributed by atoms with E-state index < -0.39 is 20.0 Å². The van der Waals surface area contributed by atoms with E-state index in [0.29, 0.717) is 17.4 Å². The molecule has 0 spiro atoms. The molecule has 0 aromatic carbocycles. The fourth-order valence-corrected chi connectivity index (χ4v) is 9.01. The van der Waals surface area contributed by atoms with Crippen LogP contribution in [0.2, 0.25) is 0 Å². The largest absolute Gasteiger partial charge is 0.472 e. The molecule has 3 N–H and O–H groups in total. The lowest BCUT2D eigenvalue weighted by Crippen LogP contribution is -2.45. The van der Waals surface area contributed by atoms with Crippen LogP contribution in [0.3, 0.4) is 0 Å². The van der Waals surface area contributed by atoms with Crippen molar-refractivity contribution in [1.29, 1.82) is 0 Å². The van der Waals surface area contributed by atoms with Crippen LogP contribution in [-0.2, 0) is 18.4 Å². The van der Waals surface area contributed by atoms with Gasteiger partial charge in [-0.15, -0.1) is 0 Å². The number of carbonyl (C=O) groups excluding carboxylic acids is 1. The fraction of sp³-hybridized carbons (Fsp3) is 0.909. The lowest BCUT2D eigenvalue weighted by atomic mass is 10.0. The topological polar surface area (TPSA) is 105 Å². The Labute approximate surface area is 398 Å². The van der Waals surface area contributed by atoms with Gasteiger partial charge in [0.1, 0.15) is 13.2 Å². The van der Waals surface area contributed by atoms with Gasteiger partial charge >= 0.3 is 7.82 Å². The van der Waals surface area contributed by atoms with Crippen LogP contribution in [0.25, 0.3) is 0 Å². The zero-order valence-electron chi connectivity index (χ0n) is 43.3. The number of amides is 1. The van der Waals surface area contributed by atoms with Gasteiger partial charge in [-0.3, -0.25) is 13.8 Å². The van der Waals surface area contributed by atoms with E-state index in [2.05, 4.69) is 31.3 Å². The van der Waals surface area contributed by atoms with Gasteiger partial charge in [0.25, 0.3) is 0 Å². The lowest BCUT2D eigenvalue weighted by molar-refractivity contribution is -0.870. The second kappa shape index (κ2) is 47.1. The second-order valence-electron chi connectivity index (χ2n) is 20.3. The Bertz CT molecular complexity index is 1090. The van der Waals surface area contributed by atoms with Gasteiger partial charge in [0.05, 0.1) is 39.9 Å². The van der Waals surface area contributed by atoms with E-state index in [0.717, 1.165) is 38.5 Å². The molecule has 0 fully saturated rings. The quantitative estimate of drug-likeness (QED) is 0.0243. The molecule has 0 radical (unpaired) electrons. The van der Waals surface area contributed by atoms with E-state index in [1.807, 2.05) is 27.2 Å². The van der Waals surface area contributed by atoms with Crippen LogP contribution < -0.4 is 5.32 Å². The third kappa shape index (κ3) is 48.9. The minimum absolute atomic E-state index is 0.0635. The van der Waals surface area contributed by atoms with Gasteiger partial charge in [0.2, 0.25) is 5.91 Å². The van der Waals surface area contributed by atoms with Crippen molar-refractivity contribution in [3.8, 4) is 0 Å². The molecular weight excluding hydrogens is 816 g/mol. The fourth-order valence-electron chi connectivity index (χ4n) is 8.27. The molecular formula is C55H110N2O6P+. The van der Waals surface area contributed by atoms with Gasteiger partial charge in [-0.25, -0.2) is 4.57 Å². The maximum absolute atomic E-state index is 12.9. The average Bonchev–Trinajstić information content (AvgIpc) is 3.25. The first-order chi connectivity index (χ1) is 31.0. The Balaban J connectivity index is 3.89. The van der Waals surface area contributed by atoms with Gasteiger partial charge in [0.15, 0.2) is 0 Å². The summed E-state index contributed by atoms with van der Waals surface area (Å²) in [7, 11) is 1.58. The number of phosphoric ester groups is 1. The Morgan fingerprint density at radius 3 is 1.20 bits per heavy atom. The number of likely N-dealkylation sites (N-methyl/N-ethyl adjacent to an activating group) is 1. The third-order valence-corrected chi connectivity index (χ3v) is 13.6. The van der Waals surface area contributed by atoms with Crippen LogP contribution in [0.4, 0.5) is 0 Å². The molecule has 0 heterocycles. The summed E-state index contributed by atoms with van der Waals surface area (Å²) in [6.45, 7) is 4.80. The molecule has 3 unspecified atom stereocenters. The highest BCUT2D eigenvalue weighted by molar-refractivity contribution is 7.47. The first-order valence-corrected chi connectivity index (χ1v) is 29.2. The molecule has 0 aromatic heterocycles. The summed E-state index contributed by atoms with van der Waals surface area (Å²) >= 11 is 0. The minimum Gasteiger partial charge on any atom is -0.387 e. The Hall–Kier alpha value is -1.02. The van der Waals surface area contributed by atoms with Crippen molar-refractivity contribution in [3.05, 3.63) is 24.3 Å². The van der Waals surface area contributed by atoms with Crippen molar-refractivity contribution >= 4 is 13.7 Å². The van der Waals surface area contributed by atoms with Crippen LogP contribution in [0.1, 0.15) is 271 Å². The van der Waals surface area contributed by atoms with Gasteiger partial charge in [-0.1, -0.05) is 244 Å². The SMILES string of the molecule is CCCCCCCCC/C=C/C(O)C(COP(=O)(O)OCC[N+](C)(C)C)NC(=O)CCCCCCCCCCCCCCCCCCCCCCC/C=C\CCCCCCCCCC. The van der Waals surface area contributed by atoms with Crippen LogP contribution in [0.15, 0.2) is 24.3 Å². The smallest absolute Gasteiger partial charge is 0.387 e. The summed E-state index contributed by atoms with van der Waals surface area (Å²) < 4.78 is 23.6. The first kappa shape index (κ1) is 63.0. The highest BCUT2D eigenvalue weighted by Crippen LogP contribution is 2.43. The first-order valence-electron chi connectivity index (χ1n) is 27.7. The Morgan fingerprint density at radius 1 is 0.516 bits per heavy atom. The van der Waals surface area contributed by atoms with Crippen LogP contribution in [-0.4, -0.2) is 73.4 Å². The van der Waals surface area contributed by atoms with Crippen molar-refractivity contribution in [2.24, 2.45) is 0 Å². The summed E-state index contributed by atoms with van der Waals surface area (Å²) in [6, 6.07) is -0.841. The van der Waals surface area contributed by atoms with E-state index in [1.165, 1.54) is 212 Å². The maximum atomic E-state index is 12.9. The number of carbonyl (C=O) groups is 1. The molecule has 0 bridgehead atoms. The van der Waals surface area contributed by atoms with Gasteiger partial charge in [-0.2, -0.15) is 0 Å².